The molecule has 0 bridgehead atoms. The number of nitrogens with zero attached hydrogens (tertiary/aromatic N) is 2. The molecular weight excluding hydrogens is 365 g/mol. The van der Waals surface area contributed by atoms with Crippen molar-refractivity contribution in [1.29, 1.82) is 0 Å². The zero-order valence-electron chi connectivity index (χ0n) is 15.0. The molecule has 1 saturated carbocycles. The maximum absolute atomic E-state index is 14.4. The lowest BCUT2D eigenvalue weighted by Gasteiger charge is -2.36. The van der Waals surface area contributed by atoms with Crippen LogP contribution in [0.4, 0.5) is 4.39 Å². The van der Waals surface area contributed by atoms with E-state index in [1.807, 2.05) is 30.3 Å². The number of hydrogen-bond donors (Lipinski definition) is 1. The van der Waals surface area contributed by atoms with Gasteiger partial charge in [0.05, 0.1) is 5.69 Å². The van der Waals surface area contributed by atoms with E-state index in [0.29, 0.717) is 50.3 Å². The van der Waals surface area contributed by atoms with Crippen LogP contribution in [0.2, 0.25) is 0 Å². The van der Waals surface area contributed by atoms with Crippen LogP contribution in [0.25, 0.3) is 0 Å². The van der Waals surface area contributed by atoms with Crippen LogP contribution in [0.15, 0.2) is 30.3 Å². The molecule has 4 rings (SSSR count). The summed E-state index contributed by atoms with van der Waals surface area (Å²) in [7, 11) is 0. The maximum Gasteiger partial charge on any atom is 0.280 e. The molecule has 0 spiro atoms. The molecule has 0 atom stereocenters. The topological polar surface area (TPSA) is 62.3 Å². The van der Waals surface area contributed by atoms with Crippen molar-refractivity contribution in [2.75, 3.05) is 13.1 Å². The van der Waals surface area contributed by atoms with E-state index in [1.165, 1.54) is 11.3 Å². The minimum Gasteiger partial charge on any atom is -0.346 e. The summed E-state index contributed by atoms with van der Waals surface area (Å²) in [5, 5.41) is 3.35. The average Bonchev–Trinajstić information content (AvgIpc) is 2.98. The molecule has 1 N–H and O–H groups in total. The van der Waals surface area contributed by atoms with E-state index in [4.69, 9.17) is 0 Å². The third-order valence-corrected chi connectivity index (χ3v) is 6.47. The molecule has 2 amide bonds. The van der Waals surface area contributed by atoms with Crippen molar-refractivity contribution in [3.63, 3.8) is 0 Å². The molecule has 0 unspecified atom stereocenters. The van der Waals surface area contributed by atoms with Crippen LogP contribution in [-0.4, -0.2) is 40.5 Å². The normalized spacial score (nSPS) is 18.2. The number of fused-ring (bicyclic) bond motifs is 1. The number of carbonyl (C=O) groups is 2. The fourth-order valence-corrected chi connectivity index (χ4v) is 4.51. The number of hydrogen-bond acceptors (Lipinski definition) is 4. The Morgan fingerprint density at radius 2 is 1.93 bits per heavy atom. The predicted octanol–water partition coefficient (Wildman–Crippen LogP) is 2.89. The first-order valence-electron chi connectivity index (χ1n) is 9.34. The maximum atomic E-state index is 14.4. The van der Waals surface area contributed by atoms with Crippen LogP contribution in [0.3, 0.4) is 0 Å². The molecule has 27 heavy (non-hydrogen) atoms. The van der Waals surface area contributed by atoms with E-state index >= 15 is 0 Å². The minimum atomic E-state index is -1.65. The quantitative estimate of drug-likeness (QED) is 0.878. The molecule has 1 aliphatic heterocycles. The average molecular weight is 387 g/mol. The minimum absolute atomic E-state index is 0.179. The summed E-state index contributed by atoms with van der Waals surface area (Å²) in [6.07, 6.45) is 2.66. The number of nitrogens with one attached hydrogen (secondary N) is 1. The first kappa shape index (κ1) is 18.1. The first-order valence-corrected chi connectivity index (χ1v) is 10.2. The summed E-state index contributed by atoms with van der Waals surface area (Å²) in [4.78, 5) is 31.9. The van der Waals surface area contributed by atoms with Gasteiger partial charge < -0.3 is 10.2 Å². The highest BCUT2D eigenvalue weighted by atomic mass is 32.1. The largest absolute Gasteiger partial charge is 0.346 e. The summed E-state index contributed by atoms with van der Waals surface area (Å²) < 4.78 is 14.4. The fraction of sp³-hybridized carbons (Fsp3) is 0.450. The molecule has 0 saturated heterocycles. The number of amides is 2. The van der Waals surface area contributed by atoms with Gasteiger partial charge in [-0.1, -0.05) is 30.3 Å². The SMILES string of the molecule is O=C(NCc1ccccc1)c1nc2c(s1)CCN(C(=O)C1(F)CCC1)CC2. The van der Waals surface area contributed by atoms with Crippen molar-refractivity contribution >= 4 is 23.2 Å². The summed E-state index contributed by atoms with van der Waals surface area (Å²) in [6.45, 7) is 1.42. The van der Waals surface area contributed by atoms with Crippen molar-refractivity contribution in [1.82, 2.24) is 15.2 Å². The summed E-state index contributed by atoms with van der Waals surface area (Å²) >= 11 is 1.38. The first-order chi connectivity index (χ1) is 13.0. The summed E-state index contributed by atoms with van der Waals surface area (Å²) in [5.41, 5.74) is 0.254. The summed E-state index contributed by atoms with van der Waals surface area (Å²) in [5.74, 6) is -0.549. The number of alkyl halides is 1. The number of benzene rings is 1. The van der Waals surface area contributed by atoms with Crippen LogP contribution in [0.5, 0.6) is 0 Å². The lowest BCUT2D eigenvalue weighted by Crippen LogP contribution is -2.51. The molecule has 142 valence electrons. The Kier molecular flexibility index (Phi) is 4.95. The van der Waals surface area contributed by atoms with Gasteiger partial charge in [0.25, 0.3) is 11.8 Å². The molecule has 2 aromatic rings. The fourth-order valence-electron chi connectivity index (χ4n) is 3.50. The molecule has 5 nitrogen and oxygen atoms in total. The molecule has 2 aliphatic rings. The van der Waals surface area contributed by atoms with Crippen molar-refractivity contribution in [2.24, 2.45) is 0 Å². The number of rotatable bonds is 4. The van der Waals surface area contributed by atoms with Gasteiger partial charge in [-0.2, -0.15) is 0 Å². The Morgan fingerprint density at radius 3 is 2.63 bits per heavy atom. The van der Waals surface area contributed by atoms with Gasteiger partial charge in [0, 0.05) is 37.4 Å². The molecule has 2 heterocycles. The predicted molar refractivity (Wildman–Crippen MR) is 101 cm³/mol. The van der Waals surface area contributed by atoms with Crippen LogP contribution < -0.4 is 5.32 Å². The number of thiazole rings is 1. The highest BCUT2D eigenvalue weighted by Crippen LogP contribution is 2.38. The highest BCUT2D eigenvalue weighted by molar-refractivity contribution is 7.13. The second-order valence-electron chi connectivity index (χ2n) is 7.17. The van der Waals surface area contributed by atoms with Crippen LogP contribution in [0, 0.1) is 0 Å². The zero-order valence-corrected chi connectivity index (χ0v) is 15.9. The van der Waals surface area contributed by atoms with Gasteiger partial charge in [0.15, 0.2) is 10.7 Å². The van der Waals surface area contributed by atoms with Gasteiger partial charge in [-0.05, 0) is 24.8 Å². The van der Waals surface area contributed by atoms with Crippen LogP contribution in [0.1, 0.15) is 45.2 Å². The lowest BCUT2D eigenvalue weighted by atomic mass is 9.81. The Hall–Kier alpha value is -2.28. The van der Waals surface area contributed by atoms with Gasteiger partial charge >= 0.3 is 0 Å². The van der Waals surface area contributed by atoms with Crippen molar-refractivity contribution in [3.05, 3.63) is 51.5 Å². The van der Waals surface area contributed by atoms with Crippen molar-refractivity contribution in [2.45, 2.75) is 44.3 Å². The van der Waals surface area contributed by atoms with E-state index in [9.17, 15) is 14.0 Å². The molecule has 1 aromatic heterocycles. The van der Waals surface area contributed by atoms with E-state index in [1.54, 1.807) is 4.90 Å². The third-order valence-electron chi connectivity index (χ3n) is 5.31. The van der Waals surface area contributed by atoms with Gasteiger partial charge in [-0.3, -0.25) is 9.59 Å². The van der Waals surface area contributed by atoms with Crippen LogP contribution >= 0.6 is 11.3 Å². The molecule has 7 heteroatoms. The Balaban J connectivity index is 1.37. The van der Waals surface area contributed by atoms with Gasteiger partial charge in [0.2, 0.25) is 0 Å². The molecule has 1 aliphatic carbocycles. The van der Waals surface area contributed by atoms with E-state index in [-0.39, 0.29) is 11.8 Å². The monoisotopic (exact) mass is 387 g/mol. The number of halogens is 1. The Morgan fingerprint density at radius 1 is 1.19 bits per heavy atom. The summed E-state index contributed by atoms with van der Waals surface area (Å²) in [6, 6.07) is 9.73. The lowest BCUT2D eigenvalue weighted by molar-refractivity contribution is -0.149. The molecule has 0 radical (unpaired) electrons. The standard InChI is InChI=1S/C20H22FN3O2S/c21-20(9-4-10-20)19(26)24-11-7-15-16(8-12-24)27-18(23-15)17(25)22-13-14-5-2-1-3-6-14/h1-3,5-6H,4,7-13H2,(H,22,25). The Bertz CT molecular complexity index is 823. The number of carbonyl (C=O) groups excluding carboxylic acids is 2. The molecule has 1 fully saturated rings. The van der Waals surface area contributed by atoms with Crippen molar-refractivity contribution in [3.8, 4) is 0 Å². The molecular formula is C20H22FN3O2S. The van der Waals surface area contributed by atoms with Gasteiger partial charge in [0.1, 0.15) is 0 Å². The van der Waals surface area contributed by atoms with Crippen molar-refractivity contribution < 1.29 is 14.0 Å². The van der Waals surface area contributed by atoms with Gasteiger partial charge in [-0.15, -0.1) is 11.3 Å². The zero-order chi connectivity index (χ0) is 18.9. The molecule has 1 aromatic carbocycles. The number of aromatic nitrogens is 1. The van der Waals surface area contributed by atoms with Gasteiger partial charge in [-0.25, -0.2) is 9.37 Å². The smallest absolute Gasteiger partial charge is 0.280 e. The highest BCUT2D eigenvalue weighted by Gasteiger charge is 2.47. The third kappa shape index (κ3) is 3.74. The van der Waals surface area contributed by atoms with E-state index < -0.39 is 5.67 Å². The second-order valence-corrected chi connectivity index (χ2v) is 8.25. The van der Waals surface area contributed by atoms with E-state index in [0.717, 1.165) is 22.6 Å². The second kappa shape index (κ2) is 7.38. The van der Waals surface area contributed by atoms with E-state index in [2.05, 4.69) is 10.3 Å². The van der Waals surface area contributed by atoms with Crippen LogP contribution in [-0.2, 0) is 24.2 Å². The Labute approximate surface area is 161 Å².